The van der Waals surface area contributed by atoms with Crippen molar-refractivity contribution >= 4 is 39.2 Å². The number of rotatable bonds is 1. The minimum Gasteiger partial charge on any atom is -0.330 e. The normalized spacial score (nSPS) is 11.1. The number of fused-ring (bicyclic) bond motifs is 1. The first-order valence-corrected chi connectivity index (χ1v) is 6.93. The van der Waals surface area contributed by atoms with Crippen LogP contribution < -0.4 is 0 Å². The van der Waals surface area contributed by atoms with E-state index < -0.39 is 0 Å². The lowest BCUT2D eigenvalue weighted by Crippen LogP contribution is -1.98. The molecule has 0 spiro atoms. The third kappa shape index (κ3) is 2.13. The van der Waals surface area contributed by atoms with Gasteiger partial charge >= 0.3 is 0 Å². The lowest BCUT2D eigenvalue weighted by Gasteiger charge is -2.07. The van der Waals surface area contributed by atoms with E-state index in [0.29, 0.717) is 10.5 Å². The Kier molecular flexibility index (Phi) is 3.03. The number of nitrogens with one attached hydrogen (secondary N) is 1. The van der Waals surface area contributed by atoms with Crippen LogP contribution in [0, 0.1) is 17.5 Å². The maximum Gasteiger partial charge on any atom is 0.182 e. The van der Waals surface area contributed by atoms with Crippen LogP contribution in [0.5, 0.6) is 0 Å². The van der Waals surface area contributed by atoms with Crippen molar-refractivity contribution in [2.24, 2.45) is 0 Å². The second-order valence-electron chi connectivity index (χ2n) is 4.38. The van der Waals surface area contributed by atoms with Crippen LogP contribution >= 0.6 is 28.1 Å². The largest absolute Gasteiger partial charge is 0.330 e. The molecule has 1 N–H and O–H groups in total. The van der Waals surface area contributed by atoms with Crippen LogP contribution in [-0.4, -0.2) is 9.55 Å². The van der Waals surface area contributed by atoms with Gasteiger partial charge in [0.2, 0.25) is 0 Å². The highest BCUT2D eigenvalue weighted by atomic mass is 79.9. The Bertz CT molecular complexity index is 835. The minimum atomic E-state index is -0.304. The molecule has 0 aliphatic heterocycles. The number of H-pyrrole nitrogens is 1. The van der Waals surface area contributed by atoms with Gasteiger partial charge in [-0.05, 0) is 55.0 Å². The highest BCUT2D eigenvalue weighted by Gasteiger charge is 2.11. The van der Waals surface area contributed by atoms with Crippen LogP contribution in [0.2, 0.25) is 0 Å². The molecule has 0 amide bonds. The second-order valence-corrected chi connectivity index (χ2v) is 5.68. The molecule has 0 saturated heterocycles. The quantitative estimate of drug-likeness (QED) is 0.627. The average Bonchev–Trinajstić information content (AvgIpc) is 2.68. The number of aromatic amines is 1. The number of aromatic nitrogens is 2. The molecule has 2 nitrogen and oxygen atoms in total. The van der Waals surface area contributed by atoms with Crippen molar-refractivity contribution in [3.05, 3.63) is 57.0 Å². The van der Waals surface area contributed by atoms with Gasteiger partial charge in [0.25, 0.3) is 0 Å². The zero-order chi connectivity index (χ0) is 13.6. The van der Waals surface area contributed by atoms with Gasteiger partial charge in [-0.3, -0.25) is 4.57 Å². The summed E-state index contributed by atoms with van der Waals surface area (Å²) < 4.78 is 17.1. The number of aryl methyl sites for hydroxylation is 1. The van der Waals surface area contributed by atoms with E-state index in [1.165, 1.54) is 6.07 Å². The predicted molar refractivity (Wildman–Crippen MR) is 80.9 cm³/mol. The number of hydrogen-bond acceptors (Lipinski definition) is 1. The monoisotopic (exact) mass is 336 g/mol. The van der Waals surface area contributed by atoms with E-state index in [-0.39, 0.29) is 5.82 Å². The standard InChI is InChI=1S/C14H10BrFN2S/c1-8-2-5-11-13(6-8)18(14(19)17-11)12-7-9(15)3-4-10(12)16/h2-7H,1H3,(H,17,19). The molecular formula is C14H10BrFN2S. The summed E-state index contributed by atoms with van der Waals surface area (Å²) in [6, 6.07) is 10.8. The fourth-order valence-electron chi connectivity index (χ4n) is 2.11. The molecule has 1 heterocycles. The van der Waals surface area contributed by atoms with Gasteiger partial charge in [0, 0.05) is 4.47 Å². The van der Waals surface area contributed by atoms with Crippen LogP contribution in [0.3, 0.4) is 0 Å². The lowest BCUT2D eigenvalue weighted by molar-refractivity contribution is 0.618. The molecule has 0 atom stereocenters. The molecule has 0 radical (unpaired) electrons. The summed E-state index contributed by atoms with van der Waals surface area (Å²) in [5.41, 5.74) is 3.32. The predicted octanol–water partition coefficient (Wildman–Crippen LogP) is 4.90. The van der Waals surface area contributed by atoms with E-state index in [2.05, 4.69) is 20.9 Å². The van der Waals surface area contributed by atoms with Crippen molar-refractivity contribution < 1.29 is 4.39 Å². The van der Waals surface area contributed by atoms with Crippen molar-refractivity contribution in [1.82, 2.24) is 9.55 Å². The number of hydrogen-bond donors (Lipinski definition) is 1. The highest BCUT2D eigenvalue weighted by Crippen LogP contribution is 2.25. The van der Waals surface area contributed by atoms with E-state index in [4.69, 9.17) is 12.2 Å². The van der Waals surface area contributed by atoms with Crippen LogP contribution in [0.15, 0.2) is 40.9 Å². The van der Waals surface area contributed by atoms with Crippen LogP contribution in [0.1, 0.15) is 5.56 Å². The van der Waals surface area contributed by atoms with Crippen molar-refractivity contribution in [2.75, 3.05) is 0 Å². The lowest BCUT2D eigenvalue weighted by atomic mass is 10.2. The minimum absolute atomic E-state index is 0.304. The van der Waals surface area contributed by atoms with E-state index in [1.54, 1.807) is 16.7 Å². The van der Waals surface area contributed by atoms with Crippen LogP contribution in [0.4, 0.5) is 4.39 Å². The first kappa shape index (κ1) is 12.6. The summed E-state index contributed by atoms with van der Waals surface area (Å²) >= 11 is 8.67. The molecule has 96 valence electrons. The molecule has 2 aromatic carbocycles. The number of nitrogens with zero attached hydrogens (tertiary/aromatic N) is 1. The Hall–Kier alpha value is -1.46. The number of halogens is 2. The SMILES string of the molecule is Cc1ccc2[nH]c(=S)n(-c3cc(Br)ccc3F)c2c1. The summed E-state index contributed by atoms with van der Waals surface area (Å²) in [5, 5.41) is 0. The fourth-order valence-corrected chi connectivity index (χ4v) is 2.76. The number of imidazole rings is 1. The third-order valence-corrected chi connectivity index (χ3v) is 3.77. The molecule has 3 aromatic rings. The zero-order valence-corrected chi connectivity index (χ0v) is 12.5. The van der Waals surface area contributed by atoms with E-state index in [0.717, 1.165) is 21.1 Å². The Morgan fingerprint density at radius 1 is 1.21 bits per heavy atom. The zero-order valence-electron chi connectivity index (χ0n) is 10.1. The second kappa shape index (κ2) is 4.58. The summed E-state index contributed by atoms with van der Waals surface area (Å²) in [4.78, 5) is 3.10. The number of benzene rings is 2. The van der Waals surface area contributed by atoms with Gasteiger partial charge in [0.1, 0.15) is 5.82 Å². The summed E-state index contributed by atoms with van der Waals surface area (Å²) in [6.07, 6.45) is 0. The third-order valence-electron chi connectivity index (χ3n) is 2.99. The van der Waals surface area contributed by atoms with Gasteiger partial charge in [-0.25, -0.2) is 4.39 Å². The molecule has 0 bridgehead atoms. The van der Waals surface area contributed by atoms with Gasteiger partial charge in [0.15, 0.2) is 4.77 Å². The van der Waals surface area contributed by atoms with Crippen molar-refractivity contribution in [3.63, 3.8) is 0 Å². The van der Waals surface area contributed by atoms with Crippen LogP contribution in [0.25, 0.3) is 16.7 Å². The highest BCUT2D eigenvalue weighted by molar-refractivity contribution is 9.10. The Labute approximate surface area is 123 Å². The molecule has 1 aromatic heterocycles. The Morgan fingerprint density at radius 3 is 2.79 bits per heavy atom. The van der Waals surface area contributed by atoms with E-state index in [9.17, 15) is 4.39 Å². The maximum atomic E-state index is 14.0. The Morgan fingerprint density at radius 2 is 2.00 bits per heavy atom. The molecule has 5 heteroatoms. The van der Waals surface area contributed by atoms with E-state index >= 15 is 0 Å². The first-order chi connectivity index (χ1) is 9.06. The molecule has 0 saturated carbocycles. The van der Waals surface area contributed by atoms with Gasteiger partial charge in [-0.15, -0.1) is 0 Å². The summed E-state index contributed by atoms with van der Waals surface area (Å²) in [5.74, 6) is -0.304. The van der Waals surface area contributed by atoms with Gasteiger partial charge < -0.3 is 4.98 Å². The molecule has 19 heavy (non-hydrogen) atoms. The molecule has 0 aliphatic rings. The fraction of sp³-hybridized carbons (Fsp3) is 0.0714. The molecule has 0 aliphatic carbocycles. The van der Waals surface area contributed by atoms with Crippen molar-refractivity contribution in [1.29, 1.82) is 0 Å². The smallest absolute Gasteiger partial charge is 0.182 e. The van der Waals surface area contributed by atoms with Crippen LogP contribution in [-0.2, 0) is 0 Å². The van der Waals surface area contributed by atoms with Gasteiger partial charge in [-0.1, -0.05) is 22.0 Å². The first-order valence-electron chi connectivity index (χ1n) is 5.73. The van der Waals surface area contributed by atoms with E-state index in [1.807, 2.05) is 25.1 Å². The van der Waals surface area contributed by atoms with Gasteiger partial charge in [-0.2, -0.15) is 0 Å². The summed E-state index contributed by atoms with van der Waals surface area (Å²) in [7, 11) is 0. The van der Waals surface area contributed by atoms with Crippen molar-refractivity contribution in [2.45, 2.75) is 6.92 Å². The average molecular weight is 337 g/mol. The maximum absolute atomic E-state index is 14.0. The molecular weight excluding hydrogens is 327 g/mol. The molecule has 0 fully saturated rings. The van der Waals surface area contributed by atoms with Gasteiger partial charge in [0.05, 0.1) is 16.7 Å². The summed E-state index contributed by atoms with van der Waals surface area (Å²) in [6.45, 7) is 2.00. The Balaban J connectivity index is 2.42. The molecule has 0 unspecified atom stereocenters. The molecule has 3 rings (SSSR count). The topological polar surface area (TPSA) is 20.7 Å². The van der Waals surface area contributed by atoms with Crippen molar-refractivity contribution in [3.8, 4) is 5.69 Å².